The summed E-state index contributed by atoms with van der Waals surface area (Å²) < 4.78 is 0. The number of aromatic carboxylic acids is 1. The van der Waals surface area contributed by atoms with Crippen LogP contribution in [0.4, 0.5) is 11.8 Å². The Morgan fingerprint density at radius 3 is 2.65 bits per heavy atom. The Kier molecular flexibility index (Phi) is 3.79. The maximum atomic E-state index is 11.4. The summed E-state index contributed by atoms with van der Waals surface area (Å²) >= 11 is 1.39. The first-order valence-corrected chi connectivity index (χ1v) is 7.97. The highest BCUT2D eigenvalue weighted by atomic mass is 32.2. The zero-order valence-corrected chi connectivity index (χ0v) is 13.1. The van der Waals surface area contributed by atoms with Gasteiger partial charge in [0, 0.05) is 10.3 Å². The van der Waals surface area contributed by atoms with Crippen LogP contribution in [-0.2, 0) is 0 Å². The van der Waals surface area contributed by atoms with Crippen LogP contribution in [0.1, 0.15) is 10.4 Å². The third-order valence-electron chi connectivity index (χ3n) is 3.50. The number of rotatable bonds is 3. The van der Waals surface area contributed by atoms with Crippen LogP contribution < -0.4 is 11.5 Å². The molecule has 0 spiro atoms. The van der Waals surface area contributed by atoms with Gasteiger partial charge >= 0.3 is 5.97 Å². The molecule has 7 heteroatoms. The molecule has 0 aliphatic heterocycles. The molecule has 2 aromatic carbocycles. The van der Waals surface area contributed by atoms with E-state index in [1.54, 1.807) is 18.2 Å². The van der Waals surface area contributed by atoms with Crippen molar-refractivity contribution in [2.24, 2.45) is 0 Å². The molecule has 1 heterocycles. The number of nitrogens with two attached hydrogens (primary N) is 2. The van der Waals surface area contributed by atoms with Crippen LogP contribution in [0.15, 0.2) is 41.3 Å². The number of nitrogen functional groups attached to an aromatic ring is 2. The van der Waals surface area contributed by atoms with Crippen LogP contribution in [0, 0.1) is 0 Å². The molecule has 0 saturated carbocycles. The van der Waals surface area contributed by atoms with Gasteiger partial charge in [0.15, 0.2) is 0 Å². The van der Waals surface area contributed by atoms with E-state index < -0.39 is 5.97 Å². The molecule has 0 radical (unpaired) electrons. The highest BCUT2D eigenvalue weighted by Crippen LogP contribution is 2.35. The van der Waals surface area contributed by atoms with E-state index in [2.05, 4.69) is 9.97 Å². The van der Waals surface area contributed by atoms with Gasteiger partial charge in [0.2, 0.25) is 5.95 Å². The van der Waals surface area contributed by atoms with Crippen LogP contribution in [0.25, 0.3) is 22.0 Å². The summed E-state index contributed by atoms with van der Waals surface area (Å²) in [5, 5.41) is 10.0. The Morgan fingerprint density at radius 1 is 1.17 bits per heavy atom. The van der Waals surface area contributed by atoms with Gasteiger partial charge < -0.3 is 16.6 Å². The fourth-order valence-corrected chi connectivity index (χ4v) is 3.27. The molecule has 0 bridgehead atoms. The molecule has 0 aliphatic carbocycles. The normalized spacial score (nSPS) is 10.8. The van der Waals surface area contributed by atoms with E-state index in [0.717, 1.165) is 11.1 Å². The number of anilines is 2. The number of carboxylic acid groups (broad SMARTS) is 1. The molecule has 5 N–H and O–H groups in total. The summed E-state index contributed by atoms with van der Waals surface area (Å²) in [4.78, 5) is 20.2. The Labute approximate surface area is 136 Å². The summed E-state index contributed by atoms with van der Waals surface area (Å²) in [7, 11) is 0. The maximum absolute atomic E-state index is 11.4. The van der Waals surface area contributed by atoms with Crippen molar-refractivity contribution in [1.82, 2.24) is 9.97 Å². The van der Waals surface area contributed by atoms with Crippen LogP contribution in [0.2, 0.25) is 0 Å². The lowest BCUT2D eigenvalue weighted by atomic mass is 10.0. The van der Waals surface area contributed by atoms with Gasteiger partial charge in [0.05, 0.1) is 11.1 Å². The van der Waals surface area contributed by atoms with Crippen molar-refractivity contribution in [2.75, 3.05) is 17.7 Å². The average molecular weight is 326 g/mol. The number of hydrogen-bond acceptors (Lipinski definition) is 6. The van der Waals surface area contributed by atoms with Crippen molar-refractivity contribution in [3.63, 3.8) is 0 Å². The van der Waals surface area contributed by atoms with Gasteiger partial charge in [-0.3, -0.25) is 0 Å². The van der Waals surface area contributed by atoms with Crippen molar-refractivity contribution in [2.45, 2.75) is 4.90 Å². The van der Waals surface area contributed by atoms with E-state index in [-0.39, 0.29) is 11.5 Å². The SMILES string of the molecule is CSc1c(C(=O)O)cccc1-c1ccc2nc(N)nc(N)c2c1. The minimum Gasteiger partial charge on any atom is -0.478 e. The van der Waals surface area contributed by atoms with Gasteiger partial charge in [-0.15, -0.1) is 11.8 Å². The highest BCUT2D eigenvalue weighted by molar-refractivity contribution is 7.98. The minimum absolute atomic E-state index is 0.125. The van der Waals surface area contributed by atoms with Gasteiger partial charge in [0.1, 0.15) is 5.82 Å². The summed E-state index contributed by atoms with van der Waals surface area (Å²) in [6.45, 7) is 0. The predicted molar refractivity (Wildman–Crippen MR) is 92.5 cm³/mol. The number of carboxylic acids is 1. The standard InChI is InChI=1S/C16H14N4O2S/c1-23-13-9(3-2-4-10(13)15(21)22)8-5-6-12-11(7-8)14(17)20-16(18)19-12/h2-7H,1H3,(H,21,22)(H4,17,18,19,20). The molecule has 6 nitrogen and oxygen atoms in total. The fraction of sp³-hybridized carbons (Fsp3) is 0.0625. The number of thioether (sulfide) groups is 1. The van der Waals surface area contributed by atoms with E-state index in [9.17, 15) is 9.90 Å². The summed E-state index contributed by atoms with van der Waals surface area (Å²) in [5.74, 6) is -0.525. The molecule has 0 unspecified atom stereocenters. The van der Waals surface area contributed by atoms with Crippen LogP contribution in [-0.4, -0.2) is 27.3 Å². The lowest BCUT2D eigenvalue weighted by Gasteiger charge is -2.12. The summed E-state index contributed by atoms with van der Waals surface area (Å²) in [6, 6.07) is 10.7. The summed E-state index contributed by atoms with van der Waals surface area (Å²) in [6.07, 6.45) is 1.85. The molecule has 116 valence electrons. The monoisotopic (exact) mass is 326 g/mol. The number of aromatic nitrogens is 2. The number of carbonyl (C=O) groups is 1. The van der Waals surface area contributed by atoms with Crippen molar-refractivity contribution in [1.29, 1.82) is 0 Å². The van der Waals surface area contributed by atoms with Crippen LogP contribution in [0.3, 0.4) is 0 Å². The molecule has 23 heavy (non-hydrogen) atoms. The first-order chi connectivity index (χ1) is 11.0. The molecule has 0 aliphatic rings. The third kappa shape index (κ3) is 2.66. The average Bonchev–Trinajstić information content (AvgIpc) is 2.53. The van der Waals surface area contributed by atoms with E-state index in [0.29, 0.717) is 21.6 Å². The lowest BCUT2D eigenvalue weighted by molar-refractivity contribution is 0.0693. The van der Waals surface area contributed by atoms with Gasteiger partial charge in [-0.1, -0.05) is 18.2 Å². The zero-order chi connectivity index (χ0) is 16.6. The molecule has 0 atom stereocenters. The number of hydrogen-bond donors (Lipinski definition) is 3. The molecule has 0 amide bonds. The van der Waals surface area contributed by atoms with Gasteiger partial charge in [-0.05, 0) is 35.6 Å². The van der Waals surface area contributed by atoms with E-state index in [4.69, 9.17) is 11.5 Å². The van der Waals surface area contributed by atoms with Gasteiger partial charge in [-0.2, -0.15) is 4.98 Å². The molecule has 3 aromatic rings. The minimum atomic E-state index is -0.951. The molecule has 0 saturated heterocycles. The second kappa shape index (κ2) is 5.77. The van der Waals surface area contributed by atoms with Crippen molar-refractivity contribution >= 4 is 40.4 Å². The Morgan fingerprint density at radius 2 is 1.96 bits per heavy atom. The van der Waals surface area contributed by atoms with Crippen molar-refractivity contribution < 1.29 is 9.90 Å². The largest absolute Gasteiger partial charge is 0.478 e. The molecule has 1 aromatic heterocycles. The molecule has 3 rings (SSSR count). The Hall–Kier alpha value is -2.80. The Bertz CT molecular complexity index is 927. The second-order valence-corrected chi connectivity index (χ2v) is 5.71. The van der Waals surface area contributed by atoms with Crippen LogP contribution >= 0.6 is 11.8 Å². The number of benzene rings is 2. The number of nitrogens with zero attached hydrogens (tertiary/aromatic N) is 2. The quantitative estimate of drug-likeness (QED) is 0.634. The first kappa shape index (κ1) is 15.1. The van der Waals surface area contributed by atoms with Crippen molar-refractivity contribution in [3.8, 4) is 11.1 Å². The lowest BCUT2D eigenvalue weighted by Crippen LogP contribution is -2.01. The smallest absolute Gasteiger partial charge is 0.336 e. The van der Waals surface area contributed by atoms with E-state index in [1.165, 1.54) is 11.8 Å². The van der Waals surface area contributed by atoms with Crippen molar-refractivity contribution in [3.05, 3.63) is 42.0 Å². The topological polar surface area (TPSA) is 115 Å². The predicted octanol–water partition coefficient (Wildman–Crippen LogP) is 2.88. The first-order valence-electron chi connectivity index (χ1n) is 6.74. The fourth-order valence-electron chi connectivity index (χ4n) is 2.49. The zero-order valence-electron chi connectivity index (χ0n) is 12.3. The van der Waals surface area contributed by atoms with Gasteiger partial charge in [0.25, 0.3) is 0 Å². The third-order valence-corrected chi connectivity index (χ3v) is 4.35. The summed E-state index contributed by atoms with van der Waals surface area (Å²) in [5.41, 5.74) is 14.1. The maximum Gasteiger partial charge on any atom is 0.336 e. The van der Waals surface area contributed by atoms with E-state index in [1.807, 2.05) is 24.5 Å². The van der Waals surface area contributed by atoms with E-state index >= 15 is 0 Å². The van der Waals surface area contributed by atoms with Gasteiger partial charge in [-0.25, -0.2) is 9.78 Å². The second-order valence-electron chi connectivity index (χ2n) is 4.89. The molecular formula is C16H14N4O2S. The van der Waals surface area contributed by atoms with Crippen LogP contribution in [0.5, 0.6) is 0 Å². The molecule has 0 fully saturated rings. The number of fused-ring (bicyclic) bond motifs is 1. The molecular weight excluding hydrogens is 312 g/mol. The Balaban J connectivity index is 2.25. The highest BCUT2D eigenvalue weighted by Gasteiger charge is 2.15.